The number of rotatable bonds is 2. The fourth-order valence-corrected chi connectivity index (χ4v) is 2.04. The van der Waals surface area contributed by atoms with E-state index in [-0.39, 0.29) is 12.4 Å². The van der Waals surface area contributed by atoms with Crippen LogP contribution in [0.1, 0.15) is 5.56 Å². The lowest BCUT2D eigenvalue weighted by Gasteiger charge is -2.03. The molecule has 3 nitrogen and oxygen atoms in total. The zero-order valence-corrected chi connectivity index (χ0v) is 12.0. The van der Waals surface area contributed by atoms with Crippen molar-refractivity contribution >= 4 is 18.2 Å². The van der Waals surface area contributed by atoms with Crippen LogP contribution < -0.4 is 5.73 Å². The lowest BCUT2D eigenvalue weighted by Crippen LogP contribution is -2.01. The molecule has 20 heavy (non-hydrogen) atoms. The van der Waals surface area contributed by atoms with E-state index in [1.165, 1.54) is 5.56 Å². The van der Waals surface area contributed by atoms with Crippen molar-refractivity contribution in [3.63, 3.8) is 0 Å². The molecule has 0 unspecified atom stereocenters. The number of hydrogen-bond donors (Lipinski definition) is 1. The molecule has 3 aromatic rings. The molecule has 0 amide bonds. The van der Waals surface area contributed by atoms with Crippen molar-refractivity contribution in [2.24, 2.45) is 0 Å². The quantitative estimate of drug-likeness (QED) is 0.777. The smallest absolute Gasteiger partial charge is 0.127 e. The Kier molecular flexibility index (Phi) is 4.11. The second kappa shape index (κ2) is 5.80. The Balaban J connectivity index is 0.00000147. The second-order valence-corrected chi connectivity index (χ2v) is 4.57. The normalized spacial score (nSPS) is 10.1. The molecule has 0 saturated carbocycles. The molecular weight excluding hydrogens is 270 g/mol. The molecule has 0 radical (unpaired) electrons. The highest BCUT2D eigenvalue weighted by molar-refractivity contribution is 5.85. The average molecular weight is 286 g/mol. The van der Waals surface area contributed by atoms with Gasteiger partial charge in [-0.25, -0.2) is 4.68 Å². The SMILES string of the molecule is Cc1ccc(-n2nc(-c3ccccc3)cc2N)cc1.Cl. The van der Waals surface area contributed by atoms with Crippen LogP contribution in [0.4, 0.5) is 5.82 Å². The topological polar surface area (TPSA) is 43.8 Å². The highest BCUT2D eigenvalue weighted by Gasteiger charge is 2.08. The minimum atomic E-state index is 0. The zero-order valence-electron chi connectivity index (χ0n) is 11.2. The van der Waals surface area contributed by atoms with E-state index in [1.54, 1.807) is 4.68 Å². The van der Waals surface area contributed by atoms with Gasteiger partial charge in [0.25, 0.3) is 0 Å². The molecule has 0 atom stereocenters. The Morgan fingerprint density at radius 3 is 2.25 bits per heavy atom. The van der Waals surface area contributed by atoms with Crippen molar-refractivity contribution in [1.29, 1.82) is 0 Å². The predicted molar refractivity (Wildman–Crippen MR) is 85.4 cm³/mol. The van der Waals surface area contributed by atoms with Gasteiger partial charge in [-0.1, -0.05) is 48.0 Å². The molecule has 0 bridgehead atoms. The van der Waals surface area contributed by atoms with Crippen molar-refractivity contribution < 1.29 is 0 Å². The van der Waals surface area contributed by atoms with Crippen LogP contribution in [-0.4, -0.2) is 9.78 Å². The van der Waals surface area contributed by atoms with Gasteiger partial charge in [0.2, 0.25) is 0 Å². The van der Waals surface area contributed by atoms with Gasteiger partial charge in [0, 0.05) is 11.6 Å². The molecule has 0 spiro atoms. The Morgan fingerprint density at radius 2 is 1.60 bits per heavy atom. The van der Waals surface area contributed by atoms with Crippen molar-refractivity contribution in [2.75, 3.05) is 5.73 Å². The Bertz CT molecular complexity index is 688. The van der Waals surface area contributed by atoms with E-state index in [1.807, 2.05) is 48.5 Å². The molecule has 3 rings (SSSR count). The summed E-state index contributed by atoms with van der Waals surface area (Å²) in [5.41, 5.74) is 10.2. The number of nitrogens with zero attached hydrogens (tertiary/aromatic N) is 2. The van der Waals surface area contributed by atoms with Crippen LogP contribution >= 0.6 is 12.4 Å². The number of benzene rings is 2. The summed E-state index contributed by atoms with van der Waals surface area (Å²) >= 11 is 0. The molecule has 0 aliphatic carbocycles. The van der Waals surface area contributed by atoms with Gasteiger partial charge in [0.1, 0.15) is 5.82 Å². The molecule has 0 saturated heterocycles. The van der Waals surface area contributed by atoms with Crippen LogP contribution in [0.3, 0.4) is 0 Å². The van der Waals surface area contributed by atoms with Gasteiger partial charge >= 0.3 is 0 Å². The van der Waals surface area contributed by atoms with Gasteiger partial charge in [-0.2, -0.15) is 5.10 Å². The summed E-state index contributed by atoms with van der Waals surface area (Å²) in [5, 5.41) is 4.57. The highest BCUT2D eigenvalue weighted by Crippen LogP contribution is 2.22. The van der Waals surface area contributed by atoms with Crippen LogP contribution in [0.2, 0.25) is 0 Å². The van der Waals surface area contributed by atoms with Crippen LogP contribution in [0.15, 0.2) is 60.7 Å². The minimum absolute atomic E-state index is 0. The van der Waals surface area contributed by atoms with Gasteiger partial charge in [-0.05, 0) is 19.1 Å². The van der Waals surface area contributed by atoms with Gasteiger partial charge in [0.15, 0.2) is 0 Å². The fraction of sp³-hybridized carbons (Fsp3) is 0.0625. The molecule has 0 aliphatic heterocycles. The third kappa shape index (κ3) is 2.68. The third-order valence-electron chi connectivity index (χ3n) is 3.09. The van der Waals surface area contributed by atoms with E-state index in [0.29, 0.717) is 5.82 Å². The first kappa shape index (κ1) is 14.2. The largest absolute Gasteiger partial charge is 0.384 e. The lowest BCUT2D eigenvalue weighted by atomic mass is 10.2. The van der Waals surface area contributed by atoms with E-state index in [4.69, 9.17) is 5.73 Å². The summed E-state index contributed by atoms with van der Waals surface area (Å²) in [6.07, 6.45) is 0. The molecule has 2 aromatic carbocycles. The number of aromatic nitrogens is 2. The molecule has 4 heteroatoms. The standard InChI is InChI=1S/C16H15N3.ClH/c1-12-7-9-14(10-8-12)19-16(17)11-15(18-19)13-5-3-2-4-6-13;/h2-11H,17H2,1H3;1H. The first-order valence-corrected chi connectivity index (χ1v) is 6.22. The number of nitrogens with two attached hydrogens (primary N) is 1. The summed E-state index contributed by atoms with van der Waals surface area (Å²) in [4.78, 5) is 0. The van der Waals surface area contributed by atoms with Crippen molar-refractivity contribution in [3.8, 4) is 16.9 Å². The average Bonchev–Trinajstić information content (AvgIpc) is 2.83. The van der Waals surface area contributed by atoms with Gasteiger partial charge in [-0.15, -0.1) is 12.4 Å². The molecule has 0 aliphatic rings. The molecule has 102 valence electrons. The van der Waals surface area contributed by atoms with Crippen LogP contribution in [0.25, 0.3) is 16.9 Å². The van der Waals surface area contributed by atoms with Crippen LogP contribution in [0.5, 0.6) is 0 Å². The monoisotopic (exact) mass is 285 g/mol. The summed E-state index contributed by atoms with van der Waals surface area (Å²) in [5.74, 6) is 0.641. The van der Waals surface area contributed by atoms with Crippen LogP contribution in [-0.2, 0) is 0 Å². The van der Waals surface area contributed by atoms with E-state index in [0.717, 1.165) is 16.9 Å². The second-order valence-electron chi connectivity index (χ2n) is 4.57. The van der Waals surface area contributed by atoms with E-state index >= 15 is 0 Å². The number of hydrogen-bond acceptors (Lipinski definition) is 2. The maximum Gasteiger partial charge on any atom is 0.127 e. The highest BCUT2D eigenvalue weighted by atomic mass is 35.5. The third-order valence-corrected chi connectivity index (χ3v) is 3.09. The van der Waals surface area contributed by atoms with E-state index in [9.17, 15) is 0 Å². The maximum atomic E-state index is 6.05. The van der Waals surface area contributed by atoms with Crippen molar-refractivity contribution in [3.05, 3.63) is 66.2 Å². The van der Waals surface area contributed by atoms with Crippen molar-refractivity contribution in [1.82, 2.24) is 9.78 Å². The van der Waals surface area contributed by atoms with E-state index < -0.39 is 0 Å². The summed E-state index contributed by atoms with van der Waals surface area (Å²) in [6, 6.07) is 20.1. The summed E-state index contributed by atoms with van der Waals surface area (Å²) < 4.78 is 1.77. The van der Waals surface area contributed by atoms with Crippen LogP contribution in [0, 0.1) is 6.92 Å². The summed E-state index contributed by atoms with van der Waals surface area (Å²) in [6.45, 7) is 2.06. The predicted octanol–water partition coefficient (Wildman–Crippen LogP) is 3.85. The zero-order chi connectivity index (χ0) is 13.2. The maximum absolute atomic E-state index is 6.05. The number of nitrogen functional groups attached to an aromatic ring is 1. The summed E-state index contributed by atoms with van der Waals surface area (Å²) in [7, 11) is 0. The van der Waals surface area contributed by atoms with Gasteiger partial charge in [-0.3, -0.25) is 0 Å². The first-order chi connectivity index (χ1) is 9.24. The van der Waals surface area contributed by atoms with Gasteiger partial charge in [0.05, 0.1) is 11.4 Å². The first-order valence-electron chi connectivity index (χ1n) is 6.22. The lowest BCUT2D eigenvalue weighted by molar-refractivity contribution is 0.894. The van der Waals surface area contributed by atoms with Crippen molar-refractivity contribution in [2.45, 2.75) is 6.92 Å². The Hall–Kier alpha value is -2.26. The minimum Gasteiger partial charge on any atom is -0.384 e. The Morgan fingerprint density at radius 1 is 0.950 bits per heavy atom. The van der Waals surface area contributed by atoms with Gasteiger partial charge < -0.3 is 5.73 Å². The Labute approximate surface area is 124 Å². The van der Waals surface area contributed by atoms with E-state index in [2.05, 4.69) is 24.2 Å². The molecular formula is C16H16ClN3. The number of anilines is 1. The molecule has 1 aromatic heterocycles. The number of halogens is 1. The molecule has 2 N–H and O–H groups in total. The molecule has 0 fully saturated rings. The number of aryl methyl sites for hydroxylation is 1. The molecule has 1 heterocycles. The fourth-order valence-electron chi connectivity index (χ4n) is 2.04.